The summed E-state index contributed by atoms with van der Waals surface area (Å²) in [6.45, 7) is 2.97. The van der Waals surface area contributed by atoms with E-state index in [2.05, 4.69) is 0 Å². The molecule has 1 aliphatic heterocycles. The van der Waals surface area contributed by atoms with Crippen LogP contribution in [0.3, 0.4) is 0 Å². The van der Waals surface area contributed by atoms with Gasteiger partial charge in [0.15, 0.2) is 0 Å². The third kappa shape index (κ3) is 5.89. The van der Waals surface area contributed by atoms with Gasteiger partial charge in [-0.1, -0.05) is 6.07 Å². The fraction of sp³-hybridized carbons (Fsp3) is 0.588. The number of hydrogen-bond acceptors (Lipinski definition) is 4. The Morgan fingerprint density at radius 2 is 1.92 bits per heavy atom. The zero-order valence-electron chi connectivity index (χ0n) is 14.3. The van der Waals surface area contributed by atoms with E-state index in [0.717, 1.165) is 12.0 Å². The first-order valence-corrected chi connectivity index (χ1v) is 8.32. The molecule has 8 heteroatoms. The summed E-state index contributed by atoms with van der Waals surface area (Å²) in [6, 6.07) is 5.22. The van der Waals surface area contributed by atoms with Crippen LogP contribution in [0.15, 0.2) is 18.2 Å². The molecule has 0 aromatic heterocycles. The molecular formula is C17H24F3N3O2. The van der Waals surface area contributed by atoms with E-state index in [1.54, 1.807) is 17.0 Å². The van der Waals surface area contributed by atoms with Gasteiger partial charge in [-0.15, -0.1) is 0 Å². The topological polar surface area (TPSA) is 58.8 Å². The lowest BCUT2D eigenvalue weighted by Gasteiger charge is -2.35. The third-order valence-corrected chi connectivity index (χ3v) is 4.10. The van der Waals surface area contributed by atoms with Gasteiger partial charge in [0.2, 0.25) is 0 Å². The normalized spacial score (nSPS) is 16.1. The molecule has 0 saturated carbocycles. The number of carbonyl (C=O) groups excluding carboxylic acids is 1. The average molecular weight is 359 g/mol. The fourth-order valence-electron chi connectivity index (χ4n) is 2.70. The van der Waals surface area contributed by atoms with Crippen LogP contribution < -0.4 is 10.5 Å². The number of aryl methyl sites for hydroxylation is 1. The first-order chi connectivity index (χ1) is 11.8. The SMILES string of the molecule is Cc1ccc(C(=O)N2CCN(CC(F)(F)F)CC2)cc1OCCCN. The van der Waals surface area contributed by atoms with Crippen LogP contribution in [0, 0.1) is 6.92 Å². The van der Waals surface area contributed by atoms with E-state index in [0.29, 0.717) is 24.5 Å². The number of ether oxygens (including phenoxy) is 1. The van der Waals surface area contributed by atoms with Crippen LogP contribution in [0.25, 0.3) is 0 Å². The number of halogens is 3. The lowest BCUT2D eigenvalue weighted by molar-refractivity contribution is -0.148. The van der Waals surface area contributed by atoms with Crippen LogP contribution in [0.4, 0.5) is 13.2 Å². The number of piperazine rings is 1. The van der Waals surface area contributed by atoms with Crippen molar-refractivity contribution < 1.29 is 22.7 Å². The maximum atomic E-state index is 12.6. The Morgan fingerprint density at radius 1 is 1.24 bits per heavy atom. The van der Waals surface area contributed by atoms with Crippen molar-refractivity contribution in [2.24, 2.45) is 5.73 Å². The van der Waals surface area contributed by atoms with Crippen molar-refractivity contribution in [3.05, 3.63) is 29.3 Å². The number of nitrogens with two attached hydrogens (primary N) is 1. The predicted molar refractivity (Wildman–Crippen MR) is 88.7 cm³/mol. The van der Waals surface area contributed by atoms with Gasteiger partial charge in [-0.3, -0.25) is 9.69 Å². The molecule has 1 amide bonds. The Bertz CT molecular complexity index is 585. The number of carbonyl (C=O) groups is 1. The van der Waals surface area contributed by atoms with E-state index >= 15 is 0 Å². The highest BCUT2D eigenvalue weighted by molar-refractivity contribution is 5.94. The third-order valence-electron chi connectivity index (χ3n) is 4.10. The maximum absolute atomic E-state index is 12.6. The summed E-state index contributed by atoms with van der Waals surface area (Å²) in [5.74, 6) is 0.449. The molecule has 1 aliphatic rings. The molecule has 1 aromatic rings. The Kier molecular flexibility index (Phi) is 6.66. The van der Waals surface area contributed by atoms with E-state index in [1.807, 2.05) is 13.0 Å². The Labute approximate surface area is 145 Å². The summed E-state index contributed by atoms with van der Waals surface area (Å²) in [4.78, 5) is 15.5. The Balaban J connectivity index is 1.96. The van der Waals surface area contributed by atoms with Gasteiger partial charge in [0.1, 0.15) is 5.75 Å². The van der Waals surface area contributed by atoms with E-state index in [1.165, 1.54) is 4.90 Å². The smallest absolute Gasteiger partial charge is 0.401 e. The molecule has 140 valence electrons. The van der Waals surface area contributed by atoms with Crippen molar-refractivity contribution in [2.45, 2.75) is 19.5 Å². The van der Waals surface area contributed by atoms with Gasteiger partial charge in [-0.2, -0.15) is 13.2 Å². The van der Waals surface area contributed by atoms with Gasteiger partial charge < -0.3 is 15.4 Å². The molecule has 0 atom stereocenters. The minimum absolute atomic E-state index is 0.185. The van der Waals surface area contributed by atoms with Crippen molar-refractivity contribution in [3.8, 4) is 5.75 Å². The lowest BCUT2D eigenvalue weighted by Crippen LogP contribution is -2.50. The monoisotopic (exact) mass is 359 g/mol. The zero-order chi connectivity index (χ0) is 18.4. The largest absolute Gasteiger partial charge is 0.493 e. The highest BCUT2D eigenvalue weighted by Gasteiger charge is 2.33. The summed E-state index contributed by atoms with van der Waals surface area (Å²) in [5.41, 5.74) is 6.84. The molecule has 1 saturated heterocycles. The second-order valence-corrected chi connectivity index (χ2v) is 6.15. The van der Waals surface area contributed by atoms with Gasteiger partial charge in [-0.25, -0.2) is 0 Å². The Hall–Kier alpha value is -1.80. The van der Waals surface area contributed by atoms with Crippen LogP contribution in [0.1, 0.15) is 22.3 Å². The predicted octanol–water partition coefficient (Wildman–Crippen LogP) is 2.04. The number of rotatable bonds is 6. The van der Waals surface area contributed by atoms with Crippen molar-refractivity contribution in [1.82, 2.24) is 9.80 Å². The average Bonchev–Trinajstić information content (AvgIpc) is 2.55. The van der Waals surface area contributed by atoms with E-state index < -0.39 is 12.7 Å². The summed E-state index contributed by atoms with van der Waals surface area (Å²) < 4.78 is 42.9. The number of hydrogen-bond donors (Lipinski definition) is 1. The number of alkyl halides is 3. The molecule has 0 spiro atoms. The maximum Gasteiger partial charge on any atom is 0.401 e. The molecule has 2 rings (SSSR count). The van der Waals surface area contributed by atoms with Crippen LogP contribution >= 0.6 is 0 Å². The molecule has 2 N–H and O–H groups in total. The molecule has 1 aromatic carbocycles. The lowest BCUT2D eigenvalue weighted by atomic mass is 10.1. The fourth-order valence-corrected chi connectivity index (χ4v) is 2.70. The van der Waals surface area contributed by atoms with E-state index in [-0.39, 0.29) is 32.1 Å². The Morgan fingerprint density at radius 3 is 2.52 bits per heavy atom. The highest BCUT2D eigenvalue weighted by Crippen LogP contribution is 2.22. The number of amides is 1. The van der Waals surface area contributed by atoms with E-state index in [4.69, 9.17) is 10.5 Å². The van der Waals surface area contributed by atoms with Gasteiger partial charge in [0, 0.05) is 31.7 Å². The van der Waals surface area contributed by atoms with Crippen molar-refractivity contribution in [2.75, 3.05) is 45.9 Å². The first kappa shape index (κ1) is 19.5. The van der Waals surface area contributed by atoms with Gasteiger partial charge in [0.05, 0.1) is 13.2 Å². The minimum atomic E-state index is -4.21. The second kappa shape index (κ2) is 8.53. The van der Waals surface area contributed by atoms with Crippen LogP contribution in [0.5, 0.6) is 5.75 Å². The van der Waals surface area contributed by atoms with Crippen molar-refractivity contribution in [3.63, 3.8) is 0 Å². The van der Waals surface area contributed by atoms with Crippen LogP contribution in [-0.4, -0.2) is 67.8 Å². The van der Waals surface area contributed by atoms with Gasteiger partial charge >= 0.3 is 6.18 Å². The van der Waals surface area contributed by atoms with Gasteiger partial charge in [-0.05, 0) is 37.6 Å². The summed E-state index contributed by atoms with van der Waals surface area (Å²) >= 11 is 0. The molecule has 0 unspecified atom stereocenters. The minimum Gasteiger partial charge on any atom is -0.493 e. The molecule has 0 radical (unpaired) electrons. The molecule has 25 heavy (non-hydrogen) atoms. The summed E-state index contributed by atoms with van der Waals surface area (Å²) in [6.07, 6.45) is -3.49. The summed E-state index contributed by atoms with van der Waals surface area (Å²) in [7, 11) is 0. The van der Waals surface area contributed by atoms with Crippen molar-refractivity contribution in [1.29, 1.82) is 0 Å². The molecule has 1 fully saturated rings. The van der Waals surface area contributed by atoms with E-state index in [9.17, 15) is 18.0 Å². The van der Waals surface area contributed by atoms with Gasteiger partial charge in [0.25, 0.3) is 5.91 Å². The molecule has 0 aliphatic carbocycles. The molecule has 0 bridgehead atoms. The number of benzene rings is 1. The zero-order valence-corrected chi connectivity index (χ0v) is 14.3. The molecule has 5 nitrogen and oxygen atoms in total. The molecular weight excluding hydrogens is 335 g/mol. The van der Waals surface area contributed by atoms with Crippen LogP contribution in [-0.2, 0) is 0 Å². The van der Waals surface area contributed by atoms with Crippen molar-refractivity contribution >= 4 is 5.91 Å². The quantitative estimate of drug-likeness (QED) is 0.790. The van der Waals surface area contributed by atoms with Crippen LogP contribution in [0.2, 0.25) is 0 Å². The first-order valence-electron chi connectivity index (χ1n) is 8.32. The second-order valence-electron chi connectivity index (χ2n) is 6.15. The summed E-state index contributed by atoms with van der Waals surface area (Å²) in [5, 5.41) is 0. The molecule has 1 heterocycles. The standard InChI is InChI=1S/C17H24F3N3O2/c1-13-3-4-14(11-15(13)25-10-2-5-21)16(24)23-8-6-22(7-9-23)12-17(18,19)20/h3-4,11H,2,5-10,12,21H2,1H3. The number of nitrogens with zero attached hydrogens (tertiary/aromatic N) is 2. The highest BCUT2D eigenvalue weighted by atomic mass is 19.4.